The molecule has 1 unspecified atom stereocenters. The first kappa shape index (κ1) is 20.9. The first-order chi connectivity index (χ1) is 15.0. The summed E-state index contributed by atoms with van der Waals surface area (Å²) in [5.74, 6) is 0. The SMILES string of the molecule is Cc1ccc(NC2C=CC(C=C(c3ccccc3)c3ccc(C)c(C)c3)=CC2)c(C)c1. The van der Waals surface area contributed by atoms with Gasteiger partial charge in [-0.25, -0.2) is 0 Å². The molecule has 1 atom stereocenters. The van der Waals surface area contributed by atoms with Crippen molar-refractivity contribution in [2.45, 2.75) is 40.2 Å². The molecule has 0 fully saturated rings. The molecule has 3 aromatic rings. The first-order valence-corrected chi connectivity index (χ1v) is 11.1. The third-order valence-electron chi connectivity index (χ3n) is 6.06. The second kappa shape index (κ2) is 9.22. The zero-order chi connectivity index (χ0) is 21.8. The Hall–Kier alpha value is -3.32. The van der Waals surface area contributed by atoms with Gasteiger partial charge in [0.05, 0.1) is 0 Å². The number of hydrogen-bond acceptors (Lipinski definition) is 1. The van der Waals surface area contributed by atoms with Crippen LogP contribution in [0.2, 0.25) is 0 Å². The van der Waals surface area contributed by atoms with Crippen LogP contribution in [0.5, 0.6) is 0 Å². The zero-order valence-electron chi connectivity index (χ0n) is 18.9. The van der Waals surface area contributed by atoms with Gasteiger partial charge in [-0.2, -0.15) is 0 Å². The molecule has 0 aliphatic heterocycles. The van der Waals surface area contributed by atoms with E-state index >= 15 is 0 Å². The van der Waals surface area contributed by atoms with E-state index in [1.807, 2.05) is 0 Å². The average molecular weight is 406 g/mol. The highest BCUT2D eigenvalue weighted by Gasteiger charge is 2.11. The van der Waals surface area contributed by atoms with Gasteiger partial charge < -0.3 is 5.32 Å². The second-order valence-electron chi connectivity index (χ2n) is 8.59. The summed E-state index contributed by atoms with van der Waals surface area (Å²) in [6.45, 7) is 8.66. The Bertz CT molecular complexity index is 1160. The smallest absolute Gasteiger partial charge is 0.0482 e. The van der Waals surface area contributed by atoms with Gasteiger partial charge in [0.15, 0.2) is 0 Å². The lowest BCUT2D eigenvalue weighted by Gasteiger charge is -2.20. The molecule has 1 aliphatic carbocycles. The number of aryl methyl sites for hydroxylation is 4. The van der Waals surface area contributed by atoms with Crippen LogP contribution in [-0.2, 0) is 0 Å². The molecule has 31 heavy (non-hydrogen) atoms. The van der Waals surface area contributed by atoms with E-state index in [9.17, 15) is 0 Å². The Labute approximate surface area is 186 Å². The molecule has 1 N–H and O–H groups in total. The largest absolute Gasteiger partial charge is 0.378 e. The second-order valence-corrected chi connectivity index (χ2v) is 8.59. The maximum absolute atomic E-state index is 3.68. The summed E-state index contributed by atoms with van der Waals surface area (Å²) in [6, 6.07) is 24.3. The minimum atomic E-state index is 0.320. The van der Waals surface area contributed by atoms with E-state index in [1.54, 1.807) is 0 Å². The van der Waals surface area contributed by atoms with Crippen LogP contribution in [0.1, 0.15) is 39.8 Å². The third kappa shape index (κ3) is 5.06. The van der Waals surface area contributed by atoms with Gasteiger partial charge in [0, 0.05) is 11.7 Å². The molecule has 0 spiro atoms. The van der Waals surface area contributed by atoms with Crippen molar-refractivity contribution in [2.75, 3.05) is 5.32 Å². The van der Waals surface area contributed by atoms with Crippen LogP contribution < -0.4 is 5.32 Å². The Morgan fingerprint density at radius 3 is 2.29 bits per heavy atom. The summed E-state index contributed by atoms with van der Waals surface area (Å²) in [5, 5.41) is 3.68. The van der Waals surface area contributed by atoms with Gasteiger partial charge >= 0.3 is 0 Å². The molecule has 0 amide bonds. The molecule has 1 nitrogen and oxygen atoms in total. The van der Waals surface area contributed by atoms with Crippen molar-refractivity contribution in [1.82, 2.24) is 0 Å². The van der Waals surface area contributed by atoms with E-state index in [-0.39, 0.29) is 0 Å². The van der Waals surface area contributed by atoms with Crippen molar-refractivity contribution in [2.24, 2.45) is 0 Å². The van der Waals surface area contributed by atoms with E-state index in [2.05, 4.69) is 124 Å². The summed E-state index contributed by atoms with van der Waals surface area (Å²) in [5.41, 5.74) is 11.5. The molecule has 0 aromatic heterocycles. The maximum Gasteiger partial charge on any atom is 0.0482 e. The van der Waals surface area contributed by atoms with Gasteiger partial charge in [-0.05, 0) is 85.2 Å². The lowest BCUT2D eigenvalue weighted by molar-refractivity contribution is 0.876. The predicted octanol–water partition coefficient (Wildman–Crippen LogP) is 7.72. The highest BCUT2D eigenvalue weighted by Crippen LogP contribution is 2.28. The molecular weight excluding hydrogens is 374 g/mol. The fourth-order valence-corrected chi connectivity index (χ4v) is 4.05. The predicted molar refractivity (Wildman–Crippen MR) is 135 cm³/mol. The van der Waals surface area contributed by atoms with E-state index < -0.39 is 0 Å². The molecule has 1 aliphatic rings. The quantitative estimate of drug-likeness (QED) is 0.458. The lowest BCUT2D eigenvalue weighted by atomic mass is 9.92. The van der Waals surface area contributed by atoms with Crippen molar-refractivity contribution in [3.63, 3.8) is 0 Å². The van der Waals surface area contributed by atoms with Crippen LogP contribution in [0.25, 0.3) is 5.57 Å². The number of allylic oxidation sites excluding steroid dienone is 3. The lowest BCUT2D eigenvalue weighted by Crippen LogP contribution is -2.18. The molecule has 0 saturated carbocycles. The van der Waals surface area contributed by atoms with Crippen molar-refractivity contribution in [3.8, 4) is 0 Å². The molecule has 156 valence electrons. The summed E-state index contributed by atoms with van der Waals surface area (Å²) in [7, 11) is 0. The summed E-state index contributed by atoms with van der Waals surface area (Å²) >= 11 is 0. The van der Waals surface area contributed by atoms with Crippen molar-refractivity contribution in [3.05, 3.63) is 130 Å². The third-order valence-corrected chi connectivity index (χ3v) is 6.06. The molecule has 0 bridgehead atoms. The van der Waals surface area contributed by atoms with E-state index in [1.165, 1.54) is 50.2 Å². The Balaban J connectivity index is 1.58. The molecule has 4 rings (SSSR count). The number of rotatable bonds is 5. The number of hydrogen-bond donors (Lipinski definition) is 1. The van der Waals surface area contributed by atoms with Gasteiger partial charge in [-0.1, -0.05) is 84.5 Å². The van der Waals surface area contributed by atoms with Crippen LogP contribution in [-0.4, -0.2) is 6.04 Å². The van der Waals surface area contributed by atoms with Crippen LogP contribution in [0.15, 0.2) is 96.6 Å². The molecule has 0 heterocycles. The fourth-order valence-electron chi connectivity index (χ4n) is 4.05. The van der Waals surface area contributed by atoms with E-state index in [4.69, 9.17) is 0 Å². The van der Waals surface area contributed by atoms with Crippen molar-refractivity contribution < 1.29 is 0 Å². The molecule has 0 saturated heterocycles. The normalized spacial score (nSPS) is 16.2. The molecule has 1 heteroatoms. The highest BCUT2D eigenvalue weighted by atomic mass is 14.9. The standard InChI is InChI=1S/C30H31N/c1-21-10-17-30(24(4)18-21)31-28-15-12-25(13-16-28)20-29(26-8-6-5-7-9-26)27-14-11-22(2)23(3)19-27/h5-15,17-20,28,31H,16H2,1-4H3. The molecular formula is C30H31N. The minimum Gasteiger partial charge on any atom is -0.378 e. The van der Waals surface area contributed by atoms with Crippen molar-refractivity contribution in [1.29, 1.82) is 0 Å². The Morgan fingerprint density at radius 2 is 1.61 bits per heavy atom. The molecule has 3 aromatic carbocycles. The summed E-state index contributed by atoms with van der Waals surface area (Å²) in [4.78, 5) is 0. The molecule has 0 radical (unpaired) electrons. The number of anilines is 1. The fraction of sp³-hybridized carbons (Fsp3) is 0.200. The number of nitrogens with one attached hydrogen (secondary N) is 1. The Morgan fingerprint density at radius 1 is 0.806 bits per heavy atom. The van der Waals surface area contributed by atoms with Gasteiger partial charge in [0.2, 0.25) is 0 Å². The van der Waals surface area contributed by atoms with Crippen LogP contribution in [0, 0.1) is 27.7 Å². The highest BCUT2D eigenvalue weighted by molar-refractivity contribution is 5.82. The topological polar surface area (TPSA) is 12.0 Å². The van der Waals surface area contributed by atoms with Gasteiger partial charge in [0.1, 0.15) is 0 Å². The van der Waals surface area contributed by atoms with E-state index in [0.717, 1.165) is 6.42 Å². The summed E-state index contributed by atoms with van der Waals surface area (Å²) < 4.78 is 0. The van der Waals surface area contributed by atoms with E-state index in [0.29, 0.717) is 6.04 Å². The van der Waals surface area contributed by atoms with Gasteiger partial charge in [-0.15, -0.1) is 0 Å². The number of benzene rings is 3. The Kier molecular flexibility index (Phi) is 6.23. The average Bonchev–Trinajstić information content (AvgIpc) is 2.78. The van der Waals surface area contributed by atoms with Gasteiger partial charge in [0.25, 0.3) is 0 Å². The maximum atomic E-state index is 3.68. The van der Waals surface area contributed by atoms with Gasteiger partial charge in [-0.3, -0.25) is 0 Å². The van der Waals surface area contributed by atoms with Crippen LogP contribution in [0.4, 0.5) is 5.69 Å². The zero-order valence-corrected chi connectivity index (χ0v) is 18.9. The van der Waals surface area contributed by atoms with Crippen molar-refractivity contribution >= 4 is 11.3 Å². The summed E-state index contributed by atoms with van der Waals surface area (Å²) in [6.07, 6.45) is 10.2. The first-order valence-electron chi connectivity index (χ1n) is 11.1. The minimum absolute atomic E-state index is 0.320. The monoisotopic (exact) mass is 405 g/mol. The van der Waals surface area contributed by atoms with Crippen LogP contribution in [0.3, 0.4) is 0 Å². The van der Waals surface area contributed by atoms with Crippen LogP contribution >= 0.6 is 0 Å².